The van der Waals surface area contributed by atoms with Crippen LogP contribution in [0.3, 0.4) is 0 Å². The van der Waals surface area contributed by atoms with Crippen LogP contribution in [-0.2, 0) is 13.2 Å². The topological polar surface area (TPSA) is 73.6 Å². The highest BCUT2D eigenvalue weighted by molar-refractivity contribution is 5.85. The van der Waals surface area contributed by atoms with Gasteiger partial charge in [0.1, 0.15) is 5.75 Å². The van der Waals surface area contributed by atoms with Crippen LogP contribution in [0.15, 0.2) is 6.20 Å². The molecule has 0 saturated heterocycles. The van der Waals surface area contributed by atoms with Crippen molar-refractivity contribution in [2.75, 3.05) is 0 Å². The van der Waals surface area contributed by atoms with Gasteiger partial charge in [-0.15, -0.1) is 12.4 Å². The summed E-state index contributed by atoms with van der Waals surface area (Å²) in [4.78, 5) is 3.40. The maximum atomic E-state index is 9.61. The third-order valence-electron chi connectivity index (χ3n) is 1.44. The molecule has 5 heteroatoms. The van der Waals surface area contributed by atoms with Crippen molar-refractivity contribution in [2.45, 2.75) is 20.0 Å². The summed E-state index contributed by atoms with van der Waals surface area (Å²) in [6, 6.07) is 0. The summed E-state index contributed by atoms with van der Waals surface area (Å²) in [5, 5.41) is 27.8. The summed E-state index contributed by atoms with van der Waals surface area (Å²) in [6.07, 6.45) is 0.785. The van der Waals surface area contributed by atoms with Crippen LogP contribution >= 0.6 is 12.4 Å². The second-order valence-electron chi connectivity index (χ2n) is 2.12. The highest BCUT2D eigenvalue weighted by Crippen LogP contribution is 2.23. The lowest BCUT2D eigenvalue weighted by atomic mass is 10.1. The van der Waals surface area contributed by atoms with E-state index in [1.54, 1.807) is 0 Å². The number of pyridine rings is 1. The van der Waals surface area contributed by atoms with Crippen molar-refractivity contribution < 1.29 is 22.2 Å². The molecule has 74 valence electrons. The fourth-order valence-electron chi connectivity index (χ4n) is 0.795. The molecule has 1 heterocycles. The SMILES string of the molecule is Cl.[2H]C([2H])([2H])c1ncc(C([2H])([2H])O)c(CO)c1O. The third kappa shape index (κ3) is 2.30. The lowest BCUT2D eigenvalue weighted by Crippen LogP contribution is -1.98. The number of halogens is 1. The Morgan fingerprint density at radius 2 is 2.31 bits per heavy atom. The molecule has 0 spiro atoms. The van der Waals surface area contributed by atoms with Gasteiger partial charge in [0.05, 0.1) is 21.6 Å². The molecule has 0 aliphatic carbocycles. The van der Waals surface area contributed by atoms with Crippen molar-refractivity contribution in [3.63, 3.8) is 0 Å². The van der Waals surface area contributed by atoms with E-state index in [9.17, 15) is 5.11 Å². The molecule has 0 aliphatic heterocycles. The third-order valence-corrected chi connectivity index (χ3v) is 1.44. The minimum atomic E-state index is -2.82. The van der Waals surface area contributed by atoms with Crippen LogP contribution in [0.25, 0.3) is 0 Å². The first-order valence-electron chi connectivity index (χ1n) is 5.64. The van der Waals surface area contributed by atoms with Gasteiger partial charge in [0.2, 0.25) is 0 Å². The number of aliphatic hydroxyl groups excluding tert-OH is 1. The fourth-order valence-corrected chi connectivity index (χ4v) is 0.795. The second-order valence-corrected chi connectivity index (χ2v) is 2.12. The quantitative estimate of drug-likeness (QED) is 0.665. The van der Waals surface area contributed by atoms with Crippen LogP contribution in [0, 0.1) is 6.85 Å². The predicted octanol–water partition coefficient (Wildman–Crippen LogP) is 0.502. The first-order valence-corrected chi connectivity index (χ1v) is 3.14. The van der Waals surface area contributed by atoms with Gasteiger partial charge in [0.25, 0.3) is 0 Å². The molecular formula is C8H12ClNO3. The summed E-state index contributed by atoms with van der Waals surface area (Å²) in [5.41, 5.74) is -1.50. The number of nitrogens with zero attached hydrogens (tertiary/aromatic N) is 1. The lowest BCUT2D eigenvalue weighted by Gasteiger charge is -2.07. The van der Waals surface area contributed by atoms with Crippen LogP contribution in [0.4, 0.5) is 0 Å². The Balaban J connectivity index is 0.00000289. The summed E-state index contributed by atoms with van der Waals surface area (Å²) in [6.45, 7) is -6.32. The van der Waals surface area contributed by atoms with Gasteiger partial charge < -0.3 is 15.3 Å². The Bertz CT molecular complexity index is 432. The summed E-state index contributed by atoms with van der Waals surface area (Å²) in [5.74, 6) is -0.831. The van der Waals surface area contributed by atoms with Gasteiger partial charge in [-0.1, -0.05) is 0 Å². The maximum Gasteiger partial charge on any atom is 0.142 e. The summed E-state index contributed by atoms with van der Waals surface area (Å²) < 4.78 is 35.4. The van der Waals surface area contributed by atoms with Crippen molar-refractivity contribution in [1.82, 2.24) is 4.98 Å². The van der Waals surface area contributed by atoms with Crippen LogP contribution in [0.5, 0.6) is 5.75 Å². The van der Waals surface area contributed by atoms with Gasteiger partial charge in [-0.3, -0.25) is 4.98 Å². The minimum Gasteiger partial charge on any atom is -0.506 e. The highest BCUT2D eigenvalue weighted by Gasteiger charge is 2.09. The van der Waals surface area contributed by atoms with E-state index in [0.29, 0.717) is 0 Å². The van der Waals surface area contributed by atoms with Crippen LogP contribution in [0.2, 0.25) is 0 Å². The van der Waals surface area contributed by atoms with Crippen LogP contribution in [0.1, 0.15) is 23.7 Å². The Hall–Kier alpha value is -0.840. The Labute approximate surface area is 89.3 Å². The van der Waals surface area contributed by atoms with E-state index >= 15 is 0 Å². The first kappa shape index (κ1) is 5.80. The molecule has 0 radical (unpaired) electrons. The molecule has 13 heavy (non-hydrogen) atoms. The Morgan fingerprint density at radius 3 is 2.77 bits per heavy atom. The van der Waals surface area contributed by atoms with E-state index < -0.39 is 42.6 Å². The van der Waals surface area contributed by atoms with Gasteiger partial charge in [0, 0.05) is 21.4 Å². The van der Waals surface area contributed by atoms with Crippen molar-refractivity contribution in [2.24, 2.45) is 0 Å². The molecule has 0 bridgehead atoms. The number of aryl methyl sites for hydroxylation is 1. The van der Waals surface area contributed by atoms with Crippen molar-refractivity contribution >= 4 is 12.4 Å². The molecule has 4 nitrogen and oxygen atoms in total. The zero-order valence-electron chi connectivity index (χ0n) is 11.5. The standard InChI is InChI=1S/C8H11NO3.ClH/c1-5-8(12)7(4-11)6(3-10)2-9-5;/h2,10-12H,3-4H2,1H3;1H/i1D3,3D2;. The summed E-state index contributed by atoms with van der Waals surface area (Å²) >= 11 is 0. The smallest absolute Gasteiger partial charge is 0.142 e. The summed E-state index contributed by atoms with van der Waals surface area (Å²) in [7, 11) is 0. The van der Waals surface area contributed by atoms with E-state index in [1.165, 1.54) is 0 Å². The lowest BCUT2D eigenvalue weighted by molar-refractivity contribution is 0.254. The average Bonchev–Trinajstić information content (AvgIpc) is 2.13. The molecule has 0 aromatic carbocycles. The maximum absolute atomic E-state index is 9.61. The number of hydrogen-bond acceptors (Lipinski definition) is 4. The molecular weight excluding hydrogens is 194 g/mol. The number of hydrogen-bond donors (Lipinski definition) is 3. The van der Waals surface area contributed by atoms with E-state index in [0.717, 1.165) is 6.20 Å². The van der Waals surface area contributed by atoms with Crippen molar-refractivity contribution in [1.29, 1.82) is 0 Å². The molecule has 0 unspecified atom stereocenters. The molecule has 0 saturated carbocycles. The molecule has 0 fully saturated rings. The number of rotatable bonds is 2. The van der Waals surface area contributed by atoms with Crippen LogP contribution < -0.4 is 0 Å². The minimum absolute atomic E-state index is 0. The largest absolute Gasteiger partial charge is 0.506 e. The average molecular weight is 211 g/mol. The molecule has 0 amide bonds. The van der Waals surface area contributed by atoms with Gasteiger partial charge in [0.15, 0.2) is 0 Å². The zero-order chi connectivity index (χ0) is 13.4. The monoisotopic (exact) mass is 210 g/mol. The van der Waals surface area contributed by atoms with Gasteiger partial charge >= 0.3 is 0 Å². The Kier molecular flexibility index (Phi) is 2.24. The molecule has 0 atom stereocenters. The van der Waals surface area contributed by atoms with Gasteiger partial charge in [-0.25, -0.2) is 0 Å². The fraction of sp³-hybridized carbons (Fsp3) is 0.375. The Morgan fingerprint density at radius 1 is 1.62 bits per heavy atom. The first-order chi connectivity index (χ1) is 7.59. The van der Waals surface area contributed by atoms with E-state index in [4.69, 9.17) is 17.1 Å². The van der Waals surface area contributed by atoms with Crippen molar-refractivity contribution in [3.8, 4) is 5.75 Å². The molecule has 3 N–H and O–H groups in total. The molecule has 1 aromatic heterocycles. The second kappa shape index (κ2) is 5.01. The van der Waals surface area contributed by atoms with Crippen LogP contribution in [-0.4, -0.2) is 20.3 Å². The van der Waals surface area contributed by atoms with E-state index in [1.807, 2.05) is 0 Å². The predicted molar refractivity (Wildman–Crippen MR) is 49.7 cm³/mol. The number of aliphatic hydroxyl groups is 2. The normalized spacial score (nSPS) is 17.2. The van der Waals surface area contributed by atoms with E-state index in [-0.39, 0.29) is 12.4 Å². The van der Waals surface area contributed by atoms with Crippen molar-refractivity contribution in [3.05, 3.63) is 23.0 Å². The van der Waals surface area contributed by atoms with Gasteiger partial charge in [-0.2, -0.15) is 0 Å². The van der Waals surface area contributed by atoms with Gasteiger partial charge in [-0.05, 0) is 6.85 Å². The molecule has 0 aliphatic rings. The van der Waals surface area contributed by atoms with E-state index in [2.05, 4.69) is 4.98 Å². The molecule has 1 aromatic rings. The number of aromatic nitrogens is 1. The number of aromatic hydroxyl groups is 1. The highest BCUT2D eigenvalue weighted by atomic mass is 35.5. The zero-order valence-corrected chi connectivity index (χ0v) is 7.30. The molecule has 1 rings (SSSR count).